The van der Waals surface area contributed by atoms with Gasteiger partial charge in [-0.05, 0) is 11.7 Å². The second-order valence-electron chi connectivity index (χ2n) is 6.88. The van der Waals surface area contributed by atoms with Crippen LogP contribution in [0, 0.1) is 51.4 Å². The number of hydrogen-bond donors (Lipinski definition) is 1. The van der Waals surface area contributed by atoms with Crippen LogP contribution in [0.15, 0.2) is 0 Å². The van der Waals surface area contributed by atoms with Gasteiger partial charge in [0, 0.05) is 89.8 Å². The van der Waals surface area contributed by atoms with Gasteiger partial charge in [0.25, 0.3) is 0 Å². The van der Waals surface area contributed by atoms with E-state index in [0.29, 0.717) is 25.5 Å². The van der Waals surface area contributed by atoms with Gasteiger partial charge >= 0.3 is 0 Å². The normalized spacial score (nSPS) is 8.82. The Morgan fingerprint density at radius 1 is 1.00 bits per heavy atom. The summed E-state index contributed by atoms with van der Waals surface area (Å²) in [6, 6.07) is 0. The van der Waals surface area contributed by atoms with Crippen LogP contribution in [0.1, 0.15) is 54.9 Å². The molecule has 0 rings (SSSR count). The van der Waals surface area contributed by atoms with E-state index in [0.717, 1.165) is 0 Å². The van der Waals surface area contributed by atoms with Crippen LogP contribution in [-0.4, -0.2) is 37.8 Å². The van der Waals surface area contributed by atoms with E-state index in [9.17, 15) is 9.59 Å². The summed E-state index contributed by atoms with van der Waals surface area (Å²) < 4.78 is 9.56. The van der Waals surface area contributed by atoms with Crippen LogP contribution in [0.5, 0.6) is 0 Å². The van der Waals surface area contributed by atoms with Gasteiger partial charge in [-0.2, -0.15) is 0 Å². The zero-order valence-corrected chi connectivity index (χ0v) is 25.7. The van der Waals surface area contributed by atoms with E-state index >= 15 is 0 Å². The smallest absolute Gasteiger partial charge is 0.182 e. The molecule has 28 heavy (non-hydrogen) atoms. The van der Waals surface area contributed by atoms with E-state index in [1.54, 1.807) is 0 Å². The standard InChI is InChI=1S/C9H17O2.C5H11NO.C5H9O.2CH3.2Y/c1-5-11-7-6-8(10)9(2,3)4;1-4(2)5(6)7-3;1-4(2)5(3)6;;;;/h1,5-7H2,2-4H3;4,6H,1-3H3;4H,3H2,1-2H3;2*1H3;;/q-1;;3*-1;;. The van der Waals surface area contributed by atoms with Crippen LogP contribution in [0.4, 0.5) is 0 Å². The first kappa shape index (κ1) is 46.9. The molecule has 0 fully saturated rings. The Hall–Kier alpha value is 0.848. The Morgan fingerprint density at radius 3 is 1.50 bits per heavy atom. The molecule has 0 aromatic heterocycles. The summed E-state index contributed by atoms with van der Waals surface area (Å²) in [7, 11) is 1.52. The fourth-order valence-electron chi connectivity index (χ4n) is 0.878. The van der Waals surface area contributed by atoms with E-state index in [-0.39, 0.29) is 109 Å². The molecule has 0 amide bonds. The first-order valence-electron chi connectivity index (χ1n) is 8.19. The Labute approximate surface area is 226 Å². The second kappa shape index (κ2) is 27.8. The predicted molar refractivity (Wildman–Crippen MR) is 113 cm³/mol. The van der Waals surface area contributed by atoms with Gasteiger partial charge in [-0.15, -0.1) is 0 Å². The number of rotatable bonds is 6. The van der Waals surface area contributed by atoms with E-state index in [1.807, 2.05) is 48.5 Å². The summed E-state index contributed by atoms with van der Waals surface area (Å²) in [5.41, 5.74) is -0.232. The monoisotopic (exact) mass is 551 g/mol. The molecule has 0 aliphatic heterocycles. The number of ether oxygens (including phenoxy) is 2. The van der Waals surface area contributed by atoms with Gasteiger partial charge in [0.2, 0.25) is 0 Å². The third kappa shape index (κ3) is 37.6. The number of carbonyl (C=O) groups is 2. The number of hydrogen-bond acceptors (Lipinski definition) is 5. The Balaban J connectivity index is -0.0000000463. The molecule has 0 saturated heterocycles. The van der Waals surface area contributed by atoms with E-state index in [4.69, 9.17) is 10.1 Å². The van der Waals surface area contributed by atoms with Crippen molar-refractivity contribution < 1.29 is 84.5 Å². The molecule has 0 bridgehead atoms. The van der Waals surface area contributed by atoms with Crippen LogP contribution in [0.3, 0.4) is 0 Å². The molecule has 0 atom stereocenters. The molecule has 1 N–H and O–H groups in total. The van der Waals surface area contributed by atoms with Crippen LogP contribution >= 0.6 is 0 Å². The van der Waals surface area contributed by atoms with Crippen molar-refractivity contribution in [3.8, 4) is 0 Å². The number of ketones is 2. The molecule has 5 nitrogen and oxygen atoms in total. The third-order valence-electron chi connectivity index (χ3n) is 2.84. The van der Waals surface area contributed by atoms with Gasteiger partial charge in [0.15, 0.2) is 5.90 Å². The van der Waals surface area contributed by atoms with Crippen molar-refractivity contribution in [1.82, 2.24) is 0 Å². The minimum atomic E-state index is -0.232. The number of carbonyl (C=O) groups excluding carboxylic acids is 2. The van der Waals surface area contributed by atoms with Crippen molar-refractivity contribution in [2.45, 2.75) is 54.9 Å². The van der Waals surface area contributed by atoms with E-state index in [1.165, 1.54) is 7.11 Å². The quantitative estimate of drug-likeness (QED) is 0.217. The number of Topliss-reactive ketones (excluding diaryl/α,β-unsaturated/α-hetero) is 2. The topological polar surface area (TPSA) is 76.4 Å². The van der Waals surface area contributed by atoms with Gasteiger partial charge in [-0.1, -0.05) is 55.1 Å². The Morgan fingerprint density at radius 2 is 1.36 bits per heavy atom. The zero-order valence-electron chi connectivity index (χ0n) is 20.0. The van der Waals surface area contributed by atoms with Gasteiger partial charge in [-0.25, -0.2) is 0 Å². The van der Waals surface area contributed by atoms with Crippen molar-refractivity contribution in [2.24, 2.45) is 17.3 Å². The molecule has 0 unspecified atom stereocenters. The summed E-state index contributed by atoms with van der Waals surface area (Å²) in [5.74, 6) is 0.927. The maximum atomic E-state index is 11.2. The SMILES string of the molecule is COC(=N)C(C)C.[CH2-]C(=O)C(C)C.[CH2-]COCCC(=O)C(C)(C)C.[CH3-].[CH3-].[Y].[Y]. The average molecular weight is 551 g/mol. The van der Waals surface area contributed by atoms with Crippen molar-refractivity contribution in [3.63, 3.8) is 0 Å². The number of nitrogens with one attached hydrogen (secondary N) is 1. The maximum absolute atomic E-state index is 11.2. The molecule has 7 heteroatoms. The largest absolute Gasteiger partial charge is 0.484 e. The second-order valence-corrected chi connectivity index (χ2v) is 6.88. The molecule has 0 heterocycles. The maximum Gasteiger partial charge on any atom is 0.182 e. The van der Waals surface area contributed by atoms with Gasteiger partial charge in [-0.3, -0.25) is 10.2 Å². The molecule has 0 aliphatic carbocycles. The fraction of sp³-hybridized carbons (Fsp3) is 0.667. The van der Waals surface area contributed by atoms with Crippen LogP contribution < -0.4 is 0 Å². The third-order valence-corrected chi connectivity index (χ3v) is 2.84. The van der Waals surface area contributed by atoms with E-state index < -0.39 is 0 Å². The van der Waals surface area contributed by atoms with Crippen LogP contribution in [0.25, 0.3) is 0 Å². The molecule has 2 radical (unpaired) electrons. The molecular formula is C21H43NO4Y2-4. The minimum Gasteiger partial charge on any atom is -0.484 e. The van der Waals surface area contributed by atoms with Crippen LogP contribution in [0.2, 0.25) is 0 Å². The summed E-state index contributed by atoms with van der Waals surface area (Å²) >= 11 is 0. The Bertz CT molecular complexity index is 366. The number of methoxy groups -OCH3 is 1. The molecular weight excluding hydrogens is 508 g/mol. The first-order chi connectivity index (χ1) is 10.8. The molecule has 0 aliphatic rings. The summed E-state index contributed by atoms with van der Waals surface area (Å²) in [6.07, 6.45) is 0.499. The van der Waals surface area contributed by atoms with Crippen molar-refractivity contribution in [1.29, 1.82) is 5.41 Å². The van der Waals surface area contributed by atoms with E-state index in [2.05, 4.69) is 18.6 Å². The fourth-order valence-corrected chi connectivity index (χ4v) is 0.878. The predicted octanol–water partition coefficient (Wildman–Crippen LogP) is 5.05. The van der Waals surface area contributed by atoms with Crippen LogP contribution in [-0.2, 0) is 84.5 Å². The first-order valence-corrected chi connectivity index (χ1v) is 8.19. The summed E-state index contributed by atoms with van der Waals surface area (Å²) in [6.45, 7) is 20.9. The van der Waals surface area contributed by atoms with Crippen molar-refractivity contribution >= 4 is 17.5 Å². The molecule has 0 spiro atoms. The van der Waals surface area contributed by atoms with Crippen molar-refractivity contribution in [2.75, 3.05) is 20.3 Å². The molecule has 0 aromatic carbocycles. The molecule has 0 saturated carbocycles. The molecule has 166 valence electrons. The van der Waals surface area contributed by atoms with Gasteiger partial charge < -0.3 is 43.0 Å². The summed E-state index contributed by atoms with van der Waals surface area (Å²) in [4.78, 5) is 21.3. The van der Waals surface area contributed by atoms with Gasteiger partial charge in [0.05, 0.1) is 7.11 Å². The Kier molecular flexibility index (Phi) is 46.6. The van der Waals surface area contributed by atoms with Gasteiger partial charge in [0.1, 0.15) is 5.78 Å². The minimum absolute atomic E-state index is 0. The molecule has 0 aromatic rings. The van der Waals surface area contributed by atoms with Crippen molar-refractivity contribution in [3.05, 3.63) is 28.7 Å². The summed E-state index contributed by atoms with van der Waals surface area (Å²) in [5, 5.41) is 6.97. The zero-order chi connectivity index (χ0) is 19.9. The average Bonchev–Trinajstić information content (AvgIpc) is 2.46.